The zero-order chi connectivity index (χ0) is 16.4. The monoisotopic (exact) mass is 340 g/mol. The van der Waals surface area contributed by atoms with Crippen molar-refractivity contribution in [2.45, 2.75) is 86.2 Å². The Labute approximate surface area is 134 Å². The zero-order valence-electron chi connectivity index (χ0n) is 15.0. The second kappa shape index (κ2) is 12.2. The van der Waals surface area contributed by atoms with E-state index in [4.69, 9.17) is 18.1 Å². The molecule has 0 aliphatic carbocycles. The maximum Gasteiger partial charge on any atom is 0.170 e. The highest BCUT2D eigenvalue weighted by Gasteiger charge is 2.18. The molecule has 0 heterocycles. The molecule has 0 N–H and O–H groups in total. The molecule has 0 radical (unpaired) electrons. The van der Waals surface area contributed by atoms with Gasteiger partial charge in [0.25, 0.3) is 0 Å². The van der Waals surface area contributed by atoms with Crippen LogP contribution in [0.5, 0.6) is 0 Å². The fourth-order valence-electron chi connectivity index (χ4n) is 1.53. The molecule has 0 bridgehead atoms. The van der Waals surface area contributed by atoms with E-state index in [-0.39, 0.29) is 24.4 Å². The predicted octanol–water partition coefficient (Wildman–Crippen LogP) is 5.70. The molecule has 0 saturated carbocycles. The maximum absolute atomic E-state index is 5.87. The second-order valence-corrected chi connectivity index (χ2v) is 9.15. The van der Waals surface area contributed by atoms with E-state index in [2.05, 4.69) is 55.4 Å². The average Bonchev–Trinajstić information content (AvgIpc) is 2.24. The van der Waals surface area contributed by atoms with Crippen LogP contribution in [0.3, 0.4) is 0 Å². The van der Waals surface area contributed by atoms with Crippen LogP contribution in [-0.2, 0) is 18.1 Å². The van der Waals surface area contributed by atoms with Gasteiger partial charge in [-0.25, -0.2) is 0 Å². The van der Waals surface area contributed by atoms with E-state index in [1.165, 1.54) is 0 Å². The van der Waals surface area contributed by atoms with Crippen LogP contribution in [0.2, 0.25) is 0 Å². The lowest BCUT2D eigenvalue weighted by atomic mass is 10.5. The van der Waals surface area contributed by atoms with Gasteiger partial charge in [-0.05, 0) is 61.8 Å². The maximum atomic E-state index is 5.87. The highest BCUT2D eigenvalue weighted by molar-refractivity contribution is 7.48. The molecule has 0 rings (SSSR count). The molecule has 0 aliphatic heterocycles. The molecule has 0 atom stereocenters. The standard InChI is InChI=1S/C15H34O4P2/c1-12(2)16-20(17-13(3)4)10-9-11-21(18-14(5)6)19-15(7)8/h12-15H,9-11H2,1-8H3. The highest BCUT2D eigenvalue weighted by Crippen LogP contribution is 2.46. The molecule has 128 valence electrons. The molecule has 0 aromatic heterocycles. The first-order chi connectivity index (χ1) is 9.70. The molecule has 0 aliphatic rings. The van der Waals surface area contributed by atoms with Gasteiger partial charge in [-0.15, -0.1) is 0 Å². The Bertz CT molecular complexity index is 204. The Morgan fingerprint density at radius 3 is 0.952 bits per heavy atom. The van der Waals surface area contributed by atoms with E-state index < -0.39 is 16.8 Å². The largest absolute Gasteiger partial charge is 0.331 e. The summed E-state index contributed by atoms with van der Waals surface area (Å²) >= 11 is 0. The Morgan fingerprint density at radius 1 is 0.524 bits per heavy atom. The minimum atomic E-state index is -0.812. The Morgan fingerprint density at radius 2 is 0.762 bits per heavy atom. The first-order valence-electron chi connectivity index (χ1n) is 7.92. The van der Waals surface area contributed by atoms with E-state index in [0.717, 1.165) is 18.7 Å². The summed E-state index contributed by atoms with van der Waals surface area (Å²) in [6.45, 7) is 16.4. The lowest BCUT2D eigenvalue weighted by Crippen LogP contribution is -2.09. The summed E-state index contributed by atoms with van der Waals surface area (Å²) in [6.07, 6.45) is 3.70. The van der Waals surface area contributed by atoms with Gasteiger partial charge in [0.15, 0.2) is 16.8 Å². The third-order valence-electron chi connectivity index (χ3n) is 1.99. The summed E-state index contributed by atoms with van der Waals surface area (Å²) in [4.78, 5) is 0. The number of hydrogen-bond donors (Lipinski definition) is 0. The van der Waals surface area contributed by atoms with Crippen LogP contribution < -0.4 is 0 Å². The SMILES string of the molecule is CC(C)OP(CCCP(OC(C)C)OC(C)C)OC(C)C. The summed E-state index contributed by atoms with van der Waals surface area (Å²) in [5.41, 5.74) is 0. The Kier molecular flexibility index (Phi) is 12.6. The van der Waals surface area contributed by atoms with Gasteiger partial charge in [-0.3, -0.25) is 0 Å². The van der Waals surface area contributed by atoms with E-state index in [1.807, 2.05) is 0 Å². The van der Waals surface area contributed by atoms with Crippen LogP contribution in [-0.4, -0.2) is 36.7 Å². The van der Waals surface area contributed by atoms with E-state index in [9.17, 15) is 0 Å². The lowest BCUT2D eigenvalue weighted by Gasteiger charge is -2.24. The molecule has 0 amide bonds. The van der Waals surface area contributed by atoms with Crippen LogP contribution in [0.15, 0.2) is 0 Å². The van der Waals surface area contributed by atoms with Crippen molar-refractivity contribution in [3.63, 3.8) is 0 Å². The quantitative estimate of drug-likeness (QED) is 0.427. The Balaban J connectivity index is 4.21. The van der Waals surface area contributed by atoms with Gasteiger partial charge in [-0.2, -0.15) is 0 Å². The van der Waals surface area contributed by atoms with Crippen molar-refractivity contribution in [1.82, 2.24) is 0 Å². The molecular formula is C15H34O4P2. The molecule has 0 unspecified atom stereocenters. The van der Waals surface area contributed by atoms with Crippen LogP contribution in [0.1, 0.15) is 61.8 Å². The van der Waals surface area contributed by atoms with Crippen molar-refractivity contribution < 1.29 is 18.1 Å². The van der Waals surface area contributed by atoms with E-state index in [0.29, 0.717) is 0 Å². The van der Waals surface area contributed by atoms with Gasteiger partial charge in [0.05, 0.1) is 24.4 Å². The zero-order valence-corrected chi connectivity index (χ0v) is 16.7. The lowest BCUT2D eigenvalue weighted by molar-refractivity contribution is 0.175. The normalized spacial score (nSPS) is 12.9. The summed E-state index contributed by atoms with van der Waals surface area (Å²) in [5.74, 6) is 0. The minimum Gasteiger partial charge on any atom is -0.331 e. The van der Waals surface area contributed by atoms with Crippen LogP contribution in [0.25, 0.3) is 0 Å². The van der Waals surface area contributed by atoms with Gasteiger partial charge >= 0.3 is 0 Å². The summed E-state index contributed by atoms with van der Waals surface area (Å²) < 4.78 is 23.5. The predicted molar refractivity (Wildman–Crippen MR) is 93.1 cm³/mol. The molecule has 0 spiro atoms. The summed E-state index contributed by atoms with van der Waals surface area (Å²) in [6, 6.07) is 0. The average molecular weight is 340 g/mol. The second-order valence-electron chi connectivity index (χ2n) is 6.08. The van der Waals surface area contributed by atoms with Crippen molar-refractivity contribution in [3.8, 4) is 0 Å². The molecule has 0 aromatic carbocycles. The molecule has 0 saturated heterocycles. The molecule has 0 fully saturated rings. The van der Waals surface area contributed by atoms with Crippen molar-refractivity contribution in [2.24, 2.45) is 0 Å². The van der Waals surface area contributed by atoms with Gasteiger partial charge in [0.2, 0.25) is 0 Å². The number of hydrogen-bond acceptors (Lipinski definition) is 4. The number of rotatable bonds is 12. The van der Waals surface area contributed by atoms with Crippen LogP contribution in [0.4, 0.5) is 0 Å². The van der Waals surface area contributed by atoms with Gasteiger partial charge in [0.1, 0.15) is 0 Å². The fourth-order valence-corrected chi connectivity index (χ4v) is 5.01. The first kappa shape index (κ1) is 21.7. The molecule has 6 heteroatoms. The van der Waals surface area contributed by atoms with Crippen LogP contribution >= 0.6 is 16.8 Å². The molecule has 21 heavy (non-hydrogen) atoms. The smallest absolute Gasteiger partial charge is 0.170 e. The Hall–Kier alpha value is 0.700. The van der Waals surface area contributed by atoms with Crippen molar-refractivity contribution >= 4 is 16.8 Å². The molecular weight excluding hydrogens is 306 g/mol. The van der Waals surface area contributed by atoms with Gasteiger partial charge < -0.3 is 18.1 Å². The van der Waals surface area contributed by atoms with Gasteiger partial charge in [0, 0.05) is 12.3 Å². The van der Waals surface area contributed by atoms with Crippen molar-refractivity contribution in [2.75, 3.05) is 12.3 Å². The van der Waals surface area contributed by atoms with Crippen molar-refractivity contribution in [3.05, 3.63) is 0 Å². The van der Waals surface area contributed by atoms with E-state index >= 15 is 0 Å². The molecule has 4 nitrogen and oxygen atoms in total. The first-order valence-corrected chi connectivity index (χ1v) is 10.6. The minimum absolute atomic E-state index is 0.204. The third kappa shape index (κ3) is 14.0. The molecule has 0 aromatic rings. The fraction of sp³-hybridized carbons (Fsp3) is 1.00. The topological polar surface area (TPSA) is 36.9 Å². The van der Waals surface area contributed by atoms with Gasteiger partial charge in [-0.1, -0.05) is 0 Å². The highest BCUT2D eigenvalue weighted by atomic mass is 31.2. The van der Waals surface area contributed by atoms with E-state index in [1.54, 1.807) is 0 Å². The summed E-state index contributed by atoms with van der Waals surface area (Å²) in [5, 5.41) is 0. The third-order valence-corrected chi connectivity index (χ3v) is 5.98. The van der Waals surface area contributed by atoms with Crippen LogP contribution in [0, 0.1) is 0 Å². The van der Waals surface area contributed by atoms with Crippen molar-refractivity contribution in [1.29, 1.82) is 0 Å². The summed E-state index contributed by atoms with van der Waals surface area (Å²) in [7, 11) is -1.62.